The molecule has 7 heteroatoms. The predicted octanol–water partition coefficient (Wildman–Crippen LogP) is 3.90. The summed E-state index contributed by atoms with van der Waals surface area (Å²) in [4.78, 5) is 10.3. The Morgan fingerprint density at radius 1 is 1.38 bits per heavy atom. The number of hydrogen-bond donors (Lipinski definition) is 2. The lowest BCUT2D eigenvalue weighted by Crippen LogP contribution is -2.39. The zero-order chi connectivity index (χ0) is 16.7. The van der Waals surface area contributed by atoms with E-state index in [2.05, 4.69) is 52.0 Å². The van der Waals surface area contributed by atoms with E-state index >= 15 is 0 Å². The number of guanidine groups is 1. The van der Waals surface area contributed by atoms with Gasteiger partial charge in [0.15, 0.2) is 5.96 Å². The van der Waals surface area contributed by atoms with E-state index in [1.807, 2.05) is 25.2 Å². The van der Waals surface area contributed by atoms with Crippen molar-refractivity contribution in [3.8, 4) is 0 Å². The summed E-state index contributed by atoms with van der Waals surface area (Å²) < 4.78 is 5.57. The molecule has 0 aliphatic heterocycles. The van der Waals surface area contributed by atoms with Crippen LogP contribution in [-0.4, -0.2) is 24.0 Å². The van der Waals surface area contributed by atoms with E-state index in [4.69, 9.17) is 4.42 Å². The molecule has 2 aromatic heterocycles. The van der Waals surface area contributed by atoms with Gasteiger partial charge in [-0.05, 0) is 44.6 Å². The molecule has 0 aliphatic carbocycles. The second-order valence-electron chi connectivity index (χ2n) is 5.71. The van der Waals surface area contributed by atoms with Gasteiger partial charge >= 0.3 is 0 Å². The number of nitrogens with one attached hydrogen (secondary N) is 2. The number of hydrogen-bond acceptors (Lipinski definition) is 4. The molecular formula is C17H27IN4OS. The number of aromatic nitrogens is 1. The van der Waals surface area contributed by atoms with E-state index in [-0.39, 0.29) is 24.0 Å². The van der Waals surface area contributed by atoms with Gasteiger partial charge in [0.1, 0.15) is 12.3 Å². The molecule has 1 atom stereocenters. The minimum Gasteiger partial charge on any atom is -0.444 e. The van der Waals surface area contributed by atoms with Crippen LogP contribution in [0.5, 0.6) is 0 Å². The van der Waals surface area contributed by atoms with E-state index in [1.165, 1.54) is 4.88 Å². The summed E-state index contributed by atoms with van der Waals surface area (Å²) in [6, 6.07) is 4.29. The van der Waals surface area contributed by atoms with Crippen molar-refractivity contribution < 1.29 is 4.42 Å². The molecule has 0 radical (unpaired) electrons. The highest BCUT2D eigenvalue weighted by Gasteiger charge is 2.08. The minimum absolute atomic E-state index is 0. The van der Waals surface area contributed by atoms with Crippen LogP contribution in [0.25, 0.3) is 0 Å². The fourth-order valence-corrected chi connectivity index (χ4v) is 3.08. The average molecular weight is 462 g/mol. The molecule has 0 fully saturated rings. The summed E-state index contributed by atoms with van der Waals surface area (Å²) in [5.74, 6) is 2.87. The summed E-state index contributed by atoms with van der Waals surface area (Å²) in [6.45, 7) is 10.3. The molecule has 2 rings (SSSR count). The molecule has 0 aliphatic rings. The Morgan fingerprint density at radius 3 is 2.75 bits per heavy atom. The fourth-order valence-electron chi connectivity index (χ4n) is 2.21. The van der Waals surface area contributed by atoms with Gasteiger partial charge in [-0.1, -0.05) is 13.0 Å². The maximum absolute atomic E-state index is 5.57. The van der Waals surface area contributed by atoms with Crippen molar-refractivity contribution in [2.24, 2.45) is 10.9 Å². The normalized spacial score (nSPS) is 12.6. The third-order valence-corrected chi connectivity index (χ3v) is 4.44. The van der Waals surface area contributed by atoms with Gasteiger partial charge in [0.2, 0.25) is 5.89 Å². The van der Waals surface area contributed by atoms with Crippen LogP contribution in [-0.2, 0) is 13.0 Å². The summed E-state index contributed by atoms with van der Waals surface area (Å²) >= 11 is 1.81. The van der Waals surface area contributed by atoms with Crippen LogP contribution < -0.4 is 10.6 Å². The largest absolute Gasteiger partial charge is 0.444 e. The molecule has 0 bridgehead atoms. The van der Waals surface area contributed by atoms with Gasteiger partial charge in [-0.3, -0.25) is 0 Å². The first-order chi connectivity index (χ1) is 11.1. The molecule has 0 saturated carbocycles. The molecule has 2 heterocycles. The Bertz CT molecular complexity index is 605. The zero-order valence-corrected chi connectivity index (χ0v) is 17.9. The Kier molecular flexibility index (Phi) is 9.35. The van der Waals surface area contributed by atoms with Gasteiger partial charge in [0.25, 0.3) is 0 Å². The van der Waals surface area contributed by atoms with E-state index in [9.17, 15) is 0 Å². The predicted molar refractivity (Wildman–Crippen MR) is 111 cm³/mol. The molecule has 2 aromatic rings. The highest BCUT2D eigenvalue weighted by Crippen LogP contribution is 2.13. The Labute approximate surface area is 165 Å². The monoisotopic (exact) mass is 462 g/mol. The van der Waals surface area contributed by atoms with E-state index in [1.54, 1.807) is 0 Å². The summed E-state index contributed by atoms with van der Waals surface area (Å²) in [6.07, 6.45) is 1.09. The number of nitrogens with zero attached hydrogens (tertiary/aromatic N) is 2. The second-order valence-corrected chi connectivity index (χ2v) is 6.75. The SMILES string of the molecule is CCNC(=NCc1nc(C)c(C)o1)NCC(C)Cc1cccs1.I. The highest BCUT2D eigenvalue weighted by molar-refractivity contribution is 14.0. The van der Waals surface area contributed by atoms with E-state index in [0.29, 0.717) is 18.4 Å². The highest BCUT2D eigenvalue weighted by atomic mass is 127. The molecule has 5 nitrogen and oxygen atoms in total. The van der Waals surface area contributed by atoms with Crippen molar-refractivity contribution in [1.29, 1.82) is 0 Å². The molecule has 0 spiro atoms. The lowest BCUT2D eigenvalue weighted by molar-refractivity contribution is 0.472. The maximum Gasteiger partial charge on any atom is 0.216 e. The van der Waals surface area contributed by atoms with Crippen molar-refractivity contribution in [2.75, 3.05) is 13.1 Å². The third kappa shape index (κ3) is 6.80. The maximum atomic E-state index is 5.57. The number of halogens is 1. The molecule has 0 saturated heterocycles. The number of oxazole rings is 1. The molecule has 1 unspecified atom stereocenters. The zero-order valence-electron chi connectivity index (χ0n) is 14.8. The van der Waals surface area contributed by atoms with Gasteiger partial charge in [0.05, 0.1) is 5.69 Å². The van der Waals surface area contributed by atoms with Gasteiger partial charge in [-0.25, -0.2) is 9.98 Å². The van der Waals surface area contributed by atoms with Crippen molar-refractivity contribution in [1.82, 2.24) is 15.6 Å². The van der Waals surface area contributed by atoms with Gasteiger partial charge < -0.3 is 15.1 Å². The quantitative estimate of drug-likeness (QED) is 0.372. The molecule has 0 aromatic carbocycles. The minimum atomic E-state index is 0. The molecular weight excluding hydrogens is 435 g/mol. The Balaban J connectivity index is 0.00000288. The van der Waals surface area contributed by atoms with Crippen LogP contribution in [0.15, 0.2) is 26.9 Å². The molecule has 24 heavy (non-hydrogen) atoms. The third-order valence-electron chi connectivity index (χ3n) is 3.54. The number of thiophene rings is 1. The van der Waals surface area contributed by atoms with Crippen LogP contribution in [0.1, 0.15) is 36.1 Å². The van der Waals surface area contributed by atoms with Crippen molar-refractivity contribution in [3.05, 3.63) is 39.7 Å². The van der Waals surface area contributed by atoms with Crippen LogP contribution in [0.4, 0.5) is 0 Å². The lowest BCUT2D eigenvalue weighted by Gasteiger charge is -2.15. The van der Waals surface area contributed by atoms with E-state index < -0.39 is 0 Å². The van der Waals surface area contributed by atoms with Gasteiger partial charge in [0, 0.05) is 18.0 Å². The summed E-state index contributed by atoms with van der Waals surface area (Å²) in [5, 5.41) is 8.79. The van der Waals surface area contributed by atoms with Crippen molar-refractivity contribution in [2.45, 2.75) is 40.7 Å². The first-order valence-electron chi connectivity index (χ1n) is 8.06. The summed E-state index contributed by atoms with van der Waals surface area (Å²) in [7, 11) is 0. The molecule has 2 N–H and O–H groups in total. The van der Waals surface area contributed by atoms with Crippen LogP contribution in [0.2, 0.25) is 0 Å². The van der Waals surface area contributed by atoms with Crippen LogP contribution >= 0.6 is 35.3 Å². The number of aliphatic imine (C=N–C) groups is 1. The number of rotatable bonds is 7. The second kappa shape index (κ2) is 10.7. The molecule has 0 amide bonds. The number of aryl methyl sites for hydroxylation is 2. The summed E-state index contributed by atoms with van der Waals surface area (Å²) in [5.41, 5.74) is 0.928. The first-order valence-corrected chi connectivity index (χ1v) is 8.94. The van der Waals surface area contributed by atoms with E-state index in [0.717, 1.165) is 36.9 Å². The first kappa shape index (κ1) is 21.0. The van der Waals surface area contributed by atoms with Gasteiger partial charge in [-0.15, -0.1) is 35.3 Å². The van der Waals surface area contributed by atoms with Crippen LogP contribution in [0.3, 0.4) is 0 Å². The topological polar surface area (TPSA) is 62.5 Å². The Morgan fingerprint density at radius 2 is 2.17 bits per heavy atom. The van der Waals surface area contributed by atoms with Gasteiger partial charge in [-0.2, -0.15) is 0 Å². The smallest absolute Gasteiger partial charge is 0.216 e. The molecule has 134 valence electrons. The van der Waals surface area contributed by atoms with Crippen molar-refractivity contribution in [3.63, 3.8) is 0 Å². The van der Waals surface area contributed by atoms with Crippen molar-refractivity contribution >= 4 is 41.3 Å². The lowest BCUT2D eigenvalue weighted by atomic mass is 10.1. The van der Waals surface area contributed by atoms with Crippen LogP contribution in [0, 0.1) is 19.8 Å². The fraction of sp³-hybridized carbons (Fsp3) is 0.529. The average Bonchev–Trinajstić information content (AvgIpc) is 3.12. The standard InChI is InChI=1S/C17H26N4OS.HI/c1-5-18-17(20-11-16-21-13(3)14(4)22-16)19-10-12(2)9-15-7-6-8-23-15;/h6-8,12H,5,9-11H2,1-4H3,(H2,18,19,20);1H. The Hall–Kier alpha value is -1.09.